The van der Waals surface area contributed by atoms with Gasteiger partial charge < -0.3 is 25.0 Å². The van der Waals surface area contributed by atoms with Crippen molar-refractivity contribution in [2.45, 2.75) is 19.1 Å². The first kappa shape index (κ1) is 17.4. The van der Waals surface area contributed by atoms with Crippen molar-refractivity contribution < 1.29 is 15.0 Å². The highest BCUT2D eigenvalue weighted by Gasteiger charge is 2.24. The third-order valence-electron chi connectivity index (χ3n) is 4.96. The number of aromatic hydroxyl groups is 1. The van der Waals surface area contributed by atoms with E-state index in [9.17, 15) is 15.0 Å². The van der Waals surface area contributed by atoms with E-state index in [0.717, 1.165) is 35.5 Å². The minimum Gasteiger partial charge on any atom is -0.508 e. The molecule has 7 nitrogen and oxygen atoms in total. The van der Waals surface area contributed by atoms with E-state index < -0.39 is 0 Å². The van der Waals surface area contributed by atoms with Gasteiger partial charge in [0.05, 0.1) is 17.1 Å². The first-order chi connectivity index (χ1) is 13.0. The number of benzene rings is 2. The van der Waals surface area contributed by atoms with Gasteiger partial charge in [-0.25, -0.2) is 4.98 Å². The minimum atomic E-state index is -0.314. The number of carbonyl (C=O) groups excluding carboxylic acids is 1. The number of fused-ring (bicyclic) bond motifs is 1. The number of phenolic OH excluding ortho intramolecular Hbond substituents is 1. The molecule has 0 radical (unpaired) electrons. The predicted molar refractivity (Wildman–Crippen MR) is 103 cm³/mol. The van der Waals surface area contributed by atoms with Crippen molar-refractivity contribution in [1.29, 1.82) is 0 Å². The van der Waals surface area contributed by atoms with Crippen LogP contribution >= 0.6 is 0 Å². The van der Waals surface area contributed by atoms with Gasteiger partial charge in [-0.2, -0.15) is 0 Å². The van der Waals surface area contributed by atoms with Crippen molar-refractivity contribution in [3.63, 3.8) is 0 Å². The Morgan fingerprint density at radius 3 is 2.74 bits per heavy atom. The molecule has 2 heterocycles. The first-order valence-corrected chi connectivity index (χ1v) is 8.97. The zero-order valence-electron chi connectivity index (χ0n) is 15.1. The number of β-amino-alcohol motifs (C(OH)–C–C–N with tert-alkyl or cyclic N) is 1. The Labute approximate surface area is 156 Å². The lowest BCUT2D eigenvalue weighted by molar-refractivity contribution is 0.0951. The quantitative estimate of drug-likeness (QED) is 0.655. The molecule has 0 aliphatic carbocycles. The fraction of sp³-hybridized carbons (Fsp3) is 0.300. The summed E-state index contributed by atoms with van der Waals surface area (Å²) in [4.78, 5) is 19.2. The SMILES string of the molecule is Cn1c(N2CC[C@H](O)C2)nc2cc(C(=O)NCc3ccc(O)cc3)ccc21. The van der Waals surface area contributed by atoms with Gasteiger partial charge in [-0.1, -0.05) is 12.1 Å². The molecule has 2 aromatic carbocycles. The van der Waals surface area contributed by atoms with E-state index >= 15 is 0 Å². The lowest BCUT2D eigenvalue weighted by Gasteiger charge is -2.16. The number of nitrogens with one attached hydrogen (secondary N) is 1. The van der Waals surface area contributed by atoms with Crippen molar-refractivity contribution in [2.24, 2.45) is 7.05 Å². The summed E-state index contributed by atoms with van der Waals surface area (Å²) in [6.45, 7) is 1.74. The van der Waals surface area contributed by atoms with Crippen molar-refractivity contribution in [1.82, 2.24) is 14.9 Å². The number of aliphatic hydroxyl groups excluding tert-OH is 1. The fourth-order valence-corrected chi connectivity index (χ4v) is 3.43. The third kappa shape index (κ3) is 3.46. The van der Waals surface area contributed by atoms with E-state index in [1.54, 1.807) is 36.4 Å². The molecule has 1 aromatic heterocycles. The topological polar surface area (TPSA) is 90.6 Å². The molecule has 1 aliphatic rings. The molecule has 3 aromatic rings. The zero-order chi connectivity index (χ0) is 19.0. The Bertz CT molecular complexity index is 981. The van der Waals surface area contributed by atoms with Crippen molar-refractivity contribution >= 4 is 22.9 Å². The van der Waals surface area contributed by atoms with Crippen LogP contribution < -0.4 is 10.2 Å². The number of aliphatic hydroxyl groups is 1. The van der Waals surface area contributed by atoms with Crippen LogP contribution in [0, 0.1) is 0 Å². The number of hydrogen-bond donors (Lipinski definition) is 3. The van der Waals surface area contributed by atoms with Crippen molar-refractivity contribution in [3.05, 3.63) is 53.6 Å². The summed E-state index contributed by atoms with van der Waals surface area (Å²) in [5.74, 6) is 0.837. The summed E-state index contributed by atoms with van der Waals surface area (Å²) in [7, 11) is 1.94. The molecule has 7 heteroatoms. The van der Waals surface area contributed by atoms with Gasteiger partial charge in [0.2, 0.25) is 5.95 Å². The molecule has 1 saturated heterocycles. The number of amides is 1. The molecule has 1 amide bonds. The van der Waals surface area contributed by atoms with Crippen molar-refractivity contribution in [2.75, 3.05) is 18.0 Å². The molecule has 27 heavy (non-hydrogen) atoms. The third-order valence-corrected chi connectivity index (χ3v) is 4.96. The molecule has 0 bridgehead atoms. The van der Waals surface area contributed by atoms with Crippen LogP contribution in [0.1, 0.15) is 22.3 Å². The summed E-state index contributed by atoms with van der Waals surface area (Å²) < 4.78 is 1.99. The summed E-state index contributed by atoms with van der Waals surface area (Å²) in [6.07, 6.45) is 0.430. The molecule has 1 fully saturated rings. The van der Waals surface area contributed by atoms with Gasteiger partial charge in [0.1, 0.15) is 5.75 Å². The number of carbonyl (C=O) groups is 1. The normalized spacial score (nSPS) is 16.8. The van der Waals surface area contributed by atoms with Gasteiger partial charge in [-0.15, -0.1) is 0 Å². The number of anilines is 1. The molecule has 3 N–H and O–H groups in total. The number of aromatic nitrogens is 2. The van der Waals surface area contributed by atoms with E-state index in [2.05, 4.69) is 15.2 Å². The van der Waals surface area contributed by atoms with Crippen LogP contribution in [0.5, 0.6) is 5.75 Å². The maximum Gasteiger partial charge on any atom is 0.251 e. The van der Waals surface area contributed by atoms with E-state index in [0.29, 0.717) is 18.7 Å². The van der Waals surface area contributed by atoms with Crippen LogP contribution in [0.4, 0.5) is 5.95 Å². The summed E-state index contributed by atoms with van der Waals surface area (Å²) in [6, 6.07) is 12.2. The number of nitrogens with zero attached hydrogens (tertiary/aromatic N) is 3. The number of hydrogen-bond acceptors (Lipinski definition) is 5. The summed E-state index contributed by atoms with van der Waals surface area (Å²) in [5, 5.41) is 22.0. The molecule has 1 aliphatic heterocycles. The molecule has 0 saturated carbocycles. The monoisotopic (exact) mass is 366 g/mol. The fourth-order valence-electron chi connectivity index (χ4n) is 3.43. The van der Waals surface area contributed by atoms with Gasteiger partial charge in [0.25, 0.3) is 5.91 Å². The van der Waals surface area contributed by atoms with Crippen LogP contribution in [-0.4, -0.2) is 44.9 Å². The van der Waals surface area contributed by atoms with Gasteiger partial charge in [-0.3, -0.25) is 4.79 Å². The second-order valence-corrected chi connectivity index (χ2v) is 6.91. The maximum absolute atomic E-state index is 12.5. The summed E-state index contributed by atoms with van der Waals surface area (Å²) >= 11 is 0. The molecule has 0 unspecified atom stereocenters. The highest BCUT2D eigenvalue weighted by Crippen LogP contribution is 2.25. The van der Waals surface area contributed by atoms with E-state index in [1.165, 1.54) is 0 Å². The molecular weight excluding hydrogens is 344 g/mol. The van der Waals surface area contributed by atoms with Crippen LogP contribution in [-0.2, 0) is 13.6 Å². The molecule has 4 rings (SSSR count). The van der Waals surface area contributed by atoms with Gasteiger partial charge in [-0.05, 0) is 42.3 Å². The standard InChI is InChI=1S/C20H22N4O3/c1-23-18-7-4-14(19(27)21-11-13-2-5-15(25)6-3-13)10-17(18)22-20(23)24-9-8-16(26)12-24/h2-7,10,16,25-26H,8-9,11-12H2,1H3,(H,21,27)/t16-/m0/s1. The van der Waals surface area contributed by atoms with Gasteiger partial charge >= 0.3 is 0 Å². The lowest BCUT2D eigenvalue weighted by Crippen LogP contribution is -2.24. The Hall–Kier alpha value is -3.06. The predicted octanol–water partition coefficient (Wildman–Crippen LogP) is 1.78. The van der Waals surface area contributed by atoms with E-state index in [4.69, 9.17) is 0 Å². The second kappa shape index (κ2) is 6.92. The van der Waals surface area contributed by atoms with Gasteiger partial charge in [0, 0.05) is 32.2 Å². The van der Waals surface area contributed by atoms with Crippen LogP contribution in [0.15, 0.2) is 42.5 Å². The first-order valence-electron chi connectivity index (χ1n) is 8.97. The molecular formula is C20H22N4O3. The Morgan fingerprint density at radius 1 is 1.26 bits per heavy atom. The van der Waals surface area contributed by atoms with Crippen LogP contribution in [0.25, 0.3) is 11.0 Å². The van der Waals surface area contributed by atoms with Crippen molar-refractivity contribution in [3.8, 4) is 5.75 Å². The average molecular weight is 366 g/mol. The summed E-state index contributed by atoms with van der Waals surface area (Å²) in [5.41, 5.74) is 3.16. The van der Waals surface area contributed by atoms with E-state index in [1.807, 2.05) is 17.7 Å². The lowest BCUT2D eigenvalue weighted by atomic mass is 10.1. The Balaban J connectivity index is 1.52. The number of phenols is 1. The maximum atomic E-state index is 12.5. The van der Waals surface area contributed by atoms with Gasteiger partial charge in [0.15, 0.2) is 0 Å². The second-order valence-electron chi connectivity index (χ2n) is 6.91. The molecule has 0 spiro atoms. The highest BCUT2D eigenvalue weighted by atomic mass is 16.3. The number of rotatable bonds is 4. The van der Waals surface area contributed by atoms with Crippen LogP contribution in [0.3, 0.4) is 0 Å². The van der Waals surface area contributed by atoms with Crippen LogP contribution in [0.2, 0.25) is 0 Å². The largest absolute Gasteiger partial charge is 0.508 e. The molecule has 1 atom stereocenters. The number of aryl methyl sites for hydroxylation is 1. The number of imidazole rings is 1. The molecule has 140 valence electrons. The minimum absolute atomic E-state index is 0.172. The Kier molecular flexibility index (Phi) is 4.45. The Morgan fingerprint density at radius 2 is 2.04 bits per heavy atom. The zero-order valence-corrected chi connectivity index (χ0v) is 15.1. The van der Waals surface area contributed by atoms with E-state index in [-0.39, 0.29) is 17.8 Å². The highest BCUT2D eigenvalue weighted by molar-refractivity contribution is 5.97. The smallest absolute Gasteiger partial charge is 0.251 e. The average Bonchev–Trinajstić information content (AvgIpc) is 3.24.